The fourth-order valence-electron chi connectivity index (χ4n) is 6.25. The molecule has 6 rings (SSSR count). The van der Waals surface area contributed by atoms with E-state index in [0.717, 1.165) is 12.1 Å². The van der Waals surface area contributed by atoms with E-state index in [4.69, 9.17) is 0 Å². The molecule has 0 unspecified atom stereocenters. The van der Waals surface area contributed by atoms with E-state index in [9.17, 15) is 42.8 Å². The van der Waals surface area contributed by atoms with E-state index in [1.165, 1.54) is 20.7 Å². The van der Waals surface area contributed by atoms with Crippen LogP contribution in [0.15, 0.2) is 168 Å². The number of aryl methyl sites for hydroxylation is 2. The Hall–Kier alpha value is -4.52. The van der Waals surface area contributed by atoms with Gasteiger partial charge in [0.1, 0.15) is 0 Å². The van der Waals surface area contributed by atoms with Crippen LogP contribution in [0.25, 0.3) is 0 Å². The van der Waals surface area contributed by atoms with Crippen molar-refractivity contribution in [1.29, 1.82) is 0 Å². The van der Waals surface area contributed by atoms with Gasteiger partial charge in [0.05, 0.1) is 15.5 Å². The van der Waals surface area contributed by atoms with Gasteiger partial charge in [0.2, 0.25) is 30.1 Å². The van der Waals surface area contributed by atoms with Gasteiger partial charge in [-0.05, 0) is 55.4 Å². The Bertz CT molecular complexity index is 2460. The van der Waals surface area contributed by atoms with Crippen molar-refractivity contribution in [1.82, 2.24) is 13.3 Å². The number of halogens is 4. The van der Waals surface area contributed by atoms with Crippen LogP contribution in [0.5, 0.6) is 0 Å². The number of nitrogens with zero attached hydrogens (tertiary/aromatic N) is 2. The molecule has 1 N–H and O–H groups in total. The molecule has 0 amide bonds. The third-order valence-electron chi connectivity index (χ3n) is 9.51. The van der Waals surface area contributed by atoms with Gasteiger partial charge in [-0.25, -0.2) is 71.8 Å². The fraction of sp³-hybridized carbons (Fsp3) is 0.315. The van der Waals surface area contributed by atoms with Crippen molar-refractivity contribution in [2.45, 2.75) is 69.6 Å². The Kier molecular flexibility index (Phi) is 31.6. The third-order valence-corrected chi connectivity index (χ3v) is 14.7. The van der Waals surface area contributed by atoms with Crippen LogP contribution in [-0.4, -0.2) is 72.3 Å². The quantitative estimate of drug-likeness (QED) is 0.0332. The van der Waals surface area contributed by atoms with Gasteiger partial charge in [-0.2, -0.15) is 57.1 Å². The average molecular weight is 1070 g/mol. The van der Waals surface area contributed by atoms with E-state index in [2.05, 4.69) is 18.2 Å². The number of hydrogen-bond acceptors (Lipinski definition) is 6. The smallest absolute Gasteiger partial charge is 0.243 e. The summed E-state index contributed by atoms with van der Waals surface area (Å²) in [6, 6.07) is 45.6. The van der Waals surface area contributed by atoms with E-state index >= 15 is 0 Å². The molecule has 6 aromatic carbocycles. The molecule has 0 aliphatic heterocycles. The van der Waals surface area contributed by atoms with Crippen molar-refractivity contribution < 1.29 is 64.5 Å². The van der Waals surface area contributed by atoms with E-state index in [-0.39, 0.29) is 68.7 Å². The summed E-state index contributed by atoms with van der Waals surface area (Å²) in [5.41, 5.74) is 0.672. The van der Waals surface area contributed by atoms with Gasteiger partial charge in [0.25, 0.3) is 0 Å². The summed E-state index contributed by atoms with van der Waals surface area (Å²) in [6.45, 7) is 16.1. The van der Waals surface area contributed by atoms with Gasteiger partial charge in [-0.3, -0.25) is 0 Å². The fourth-order valence-corrected chi connectivity index (χ4v) is 10.5. The molecule has 0 atom stereocenters. The van der Waals surface area contributed by atoms with Crippen molar-refractivity contribution in [2.75, 3.05) is 38.5 Å². The minimum Gasteiger partial charge on any atom is -0.329 e. The summed E-state index contributed by atoms with van der Waals surface area (Å²) in [5.74, 6) is -2.50. The average Bonchev–Trinajstić information content (AvgIpc) is 4.12. The SMILES string of the molecule is C=CCCS(=O)(=O)NC[CH2-].CC(C)CN(CCCc1ccc(F)[c-]c1F)S(=O)(=O)c1ccccc1.CC(C)CN(CCCc1ccc(F)[c-]c1F)S(=O)(=O)c1ccccc1.[Ti].c1cc[cH-]c1.c1cc[cH-]c1. The van der Waals surface area contributed by atoms with Crippen molar-refractivity contribution >= 4 is 30.1 Å². The van der Waals surface area contributed by atoms with Crippen LogP contribution >= 0.6 is 0 Å². The summed E-state index contributed by atoms with van der Waals surface area (Å²) in [6.07, 6.45) is 3.57. The number of rotatable bonds is 21. The number of allylic oxidation sites excluding steroid dienone is 1. The van der Waals surface area contributed by atoms with Crippen LogP contribution in [0.3, 0.4) is 0 Å². The molecule has 71 heavy (non-hydrogen) atoms. The predicted octanol–water partition coefficient (Wildman–Crippen LogP) is 11.2. The maximum Gasteiger partial charge on any atom is 0.243 e. The summed E-state index contributed by atoms with van der Waals surface area (Å²) in [7, 11) is -10.3. The van der Waals surface area contributed by atoms with Gasteiger partial charge in [0.15, 0.2) is 0 Å². The van der Waals surface area contributed by atoms with E-state index in [1.807, 2.05) is 100 Å². The van der Waals surface area contributed by atoms with Gasteiger partial charge >= 0.3 is 0 Å². The van der Waals surface area contributed by atoms with Gasteiger partial charge < -0.3 is 6.92 Å². The Morgan fingerprint density at radius 3 is 1.25 bits per heavy atom. The van der Waals surface area contributed by atoms with Crippen LogP contribution in [0.4, 0.5) is 17.6 Å². The first-order valence-corrected chi connectivity index (χ1v) is 27.3. The molecule has 0 spiro atoms. The molecule has 0 aliphatic carbocycles. The molecule has 388 valence electrons. The molecule has 0 bridgehead atoms. The summed E-state index contributed by atoms with van der Waals surface area (Å²) in [4.78, 5) is 0.494. The molecule has 0 heterocycles. The molecule has 0 aliphatic rings. The zero-order valence-corrected chi connectivity index (χ0v) is 44.9. The number of nitrogens with one attached hydrogen (secondary N) is 1. The molecule has 9 nitrogen and oxygen atoms in total. The van der Waals surface area contributed by atoms with Crippen LogP contribution < -0.4 is 4.72 Å². The number of benzene rings is 4. The monoisotopic (exact) mass is 1070 g/mol. The van der Waals surface area contributed by atoms with Crippen molar-refractivity contribution in [3.63, 3.8) is 0 Å². The number of sulfonamides is 3. The summed E-state index contributed by atoms with van der Waals surface area (Å²) >= 11 is 0. The molecule has 0 saturated carbocycles. The van der Waals surface area contributed by atoms with Gasteiger partial charge in [-0.1, -0.05) is 83.0 Å². The third kappa shape index (κ3) is 26.1. The van der Waals surface area contributed by atoms with E-state index < -0.39 is 53.3 Å². The second kappa shape index (κ2) is 34.8. The summed E-state index contributed by atoms with van der Waals surface area (Å²) < 4.78 is 131. The maximum absolute atomic E-state index is 13.7. The Morgan fingerprint density at radius 1 is 0.606 bits per heavy atom. The first-order chi connectivity index (χ1) is 33.2. The second-order valence-electron chi connectivity index (χ2n) is 16.4. The minimum atomic E-state index is -3.60. The van der Waals surface area contributed by atoms with Gasteiger partial charge in [0, 0.05) is 71.2 Å². The molecule has 0 saturated heterocycles. The van der Waals surface area contributed by atoms with Crippen LogP contribution in [0.2, 0.25) is 0 Å². The molecule has 17 heteroatoms. The first-order valence-electron chi connectivity index (χ1n) is 22.8. The Balaban J connectivity index is 0.000000507. The van der Waals surface area contributed by atoms with Gasteiger partial charge in [-0.15, -0.1) is 48.5 Å². The van der Waals surface area contributed by atoms with Crippen molar-refractivity contribution in [2.24, 2.45) is 11.8 Å². The molecule has 0 fully saturated rings. The number of hydrogen-bond donors (Lipinski definition) is 1. The standard InChI is InChI=1S/2C19H22F2NO2S.C6H12NO2S.2C5H5.Ti/c2*1-15(2)14-22(25(23,24)18-8-4-3-5-9-18)12-6-7-16-10-11-17(20)13-19(16)21;1-3-5-6-10(8,9)7-4-2;2*1-2-4-5-3-1;/h2*3-5,8-11,15H,6-7,12,14H2,1-2H3;3,7H,1-2,4-6H2;2*1-5H;/q5*-1;. The zero-order valence-electron chi connectivity index (χ0n) is 40.9. The van der Waals surface area contributed by atoms with Crippen LogP contribution in [0.1, 0.15) is 58.1 Å². The maximum atomic E-state index is 13.7. The molecular weight excluding hydrogens is 1010 g/mol. The minimum absolute atomic E-state index is 0. The Morgan fingerprint density at radius 2 is 0.972 bits per heavy atom. The zero-order chi connectivity index (χ0) is 52.0. The van der Waals surface area contributed by atoms with E-state index in [1.54, 1.807) is 66.7 Å². The largest absolute Gasteiger partial charge is 0.329 e. The first kappa shape index (κ1) is 64.5. The second-order valence-corrected chi connectivity index (χ2v) is 22.2. The van der Waals surface area contributed by atoms with Crippen LogP contribution in [-0.2, 0) is 64.6 Å². The molecule has 6 aromatic rings. The van der Waals surface area contributed by atoms with E-state index in [0.29, 0.717) is 56.3 Å². The topological polar surface area (TPSA) is 121 Å². The van der Waals surface area contributed by atoms with Crippen molar-refractivity contribution in [3.8, 4) is 0 Å². The molecular formula is C54H66F4N3O6S3Ti-5. The molecule has 0 aromatic heterocycles. The van der Waals surface area contributed by atoms with Crippen molar-refractivity contribution in [3.05, 3.63) is 212 Å². The summed E-state index contributed by atoms with van der Waals surface area (Å²) in [5, 5.41) is 0. The Labute approximate surface area is 436 Å². The predicted molar refractivity (Wildman–Crippen MR) is 273 cm³/mol. The van der Waals surface area contributed by atoms with Crippen LogP contribution in [0, 0.1) is 54.2 Å². The normalized spacial score (nSPS) is 11.2. The molecule has 0 radical (unpaired) electrons.